The molecule has 0 aliphatic rings. The molecule has 29 heavy (non-hydrogen) atoms. The van der Waals surface area contributed by atoms with E-state index >= 15 is 0 Å². The van der Waals surface area contributed by atoms with Crippen LogP contribution < -0.4 is 0 Å². The molecule has 2 heteroatoms. The number of carbonyl (C=O) groups excluding carboxylic acids is 1. The molecule has 4 aromatic rings. The second-order valence-electron chi connectivity index (χ2n) is 6.87. The SMILES string of the molecule is O=C(c1ccccc1)c1cc(CC/C=C/c2ccccc2)oc1-c1ccccc1. The minimum absolute atomic E-state index is 0.0146. The molecule has 0 amide bonds. The van der Waals surface area contributed by atoms with Crippen LogP contribution in [0.2, 0.25) is 0 Å². The highest BCUT2D eigenvalue weighted by Crippen LogP contribution is 2.30. The third-order valence-electron chi connectivity index (χ3n) is 4.77. The Hall–Kier alpha value is -3.65. The van der Waals surface area contributed by atoms with Crippen LogP contribution in [0.25, 0.3) is 17.4 Å². The van der Waals surface area contributed by atoms with Crippen LogP contribution in [0, 0.1) is 0 Å². The summed E-state index contributed by atoms with van der Waals surface area (Å²) >= 11 is 0. The standard InChI is InChI=1S/C27H22O2/c28-26(22-15-6-2-7-16-22)25-20-24(29-27(25)23-17-8-3-9-18-23)19-11-10-14-21-12-4-1-5-13-21/h1-10,12-18,20H,11,19H2/b14-10+. The summed E-state index contributed by atoms with van der Waals surface area (Å²) < 4.78 is 6.14. The summed E-state index contributed by atoms with van der Waals surface area (Å²) in [6, 6.07) is 31.3. The fraction of sp³-hybridized carbons (Fsp3) is 0.0741. The summed E-state index contributed by atoms with van der Waals surface area (Å²) in [7, 11) is 0. The van der Waals surface area contributed by atoms with E-state index in [0.717, 1.165) is 24.2 Å². The first-order valence-electron chi connectivity index (χ1n) is 9.81. The molecule has 2 nitrogen and oxygen atoms in total. The molecular weight excluding hydrogens is 356 g/mol. The normalized spacial score (nSPS) is 11.0. The summed E-state index contributed by atoms with van der Waals surface area (Å²) in [4.78, 5) is 13.1. The lowest BCUT2D eigenvalue weighted by atomic mass is 10.00. The molecule has 0 radical (unpaired) electrons. The first-order chi connectivity index (χ1) is 14.3. The number of ketones is 1. The Balaban J connectivity index is 1.58. The number of benzene rings is 3. The number of hydrogen-bond acceptors (Lipinski definition) is 2. The van der Waals surface area contributed by atoms with Crippen molar-refractivity contribution in [3.05, 3.63) is 126 Å². The van der Waals surface area contributed by atoms with Gasteiger partial charge in [-0.1, -0.05) is 103 Å². The first kappa shape index (κ1) is 18.7. The summed E-state index contributed by atoms with van der Waals surface area (Å²) in [6.45, 7) is 0. The number of hydrogen-bond donors (Lipinski definition) is 0. The molecule has 0 unspecified atom stereocenters. The van der Waals surface area contributed by atoms with Gasteiger partial charge in [0.1, 0.15) is 11.5 Å². The second-order valence-corrected chi connectivity index (χ2v) is 6.87. The number of allylic oxidation sites excluding steroid dienone is 1. The van der Waals surface area contributed by atoms with E-state index in [4.69, 9.17) is 4.42 Å². The molecule has 0 spiro atoms. The lowest BCUT2D eigenvalue weighted by Gasteiger charge is -2.02. The first-order valence-corrected chi connectivity index (χ1v) is 9.81. The molecule has 1 aromatic heterocycles. The summed E-state index contributed by atoms with van der Waals surface area (Å²) in [5.74, 6) is 1.45. The molecule has 0 atom stereocenters. The monoisotopic (exact) mass is 378 g/mol. The van der Waals surface area contributed by atoms with Gasteiger partial charge in [-0.15, -0.1) is 0 Å². The van der Waals surface area contributed by atoms with Gasteiger partial charge in [0.2, 0.25) is 0 Å². The van der Waals surface area contributed by atoms with Crippen LogP contribution in [0.15, 0.2) is 108 Å². The molecule has 0 N–H and O–H groups in total. The van der Waals surface area contributed by atoms with E-state index in [-0.39, 0.29) is 5.78 Å². The van der Waals surface area contributed by atoms with Crippen molar-refractivity contribution in [3.8, 4) is 11.3 Å². The smallest absolute Gasteiger partial charge is 0.196 e. The number of carbonyl (C=O) groups is 1. The fourth-order valence-corrected chi connectivity index (χ4v) is 3.29. The minimum Gasteiger partial charge on any atom is -0.460 e. The summed E-state index contributed by atoms with van der Waals surface area (Å²) in [5, 5.41) is 0. The largest absolute Gasteiger partial charge is 0.460 e. The second kappa shape index (κ2) is 9.03. The maximum Gasteiger partial charge on any atom is 0.196 e. The Bertz CT molecular complexity index is 1090. The van der Waals surface area contributed by atoms with Crippen LogP contribution in [0.4, 0.5) is 0 Å². The van der Waals surface area contributed by atoms with Crippen LogP contribution in [-0.4, -0.2) is 5.78 Å². The van der Waals surface area contributed by atoms with Crippen molar-refractivity contribution in [3.63, 3.8) is 0 Å². The lowest BCUT2D eigenvalue weighted by Crippen LogP contribution is -2.01. The molecular formula is C27H22O2. The zero-order chi connectivity index (χ0) is 19.9. The number of aryl methyl sites for hydroxylation is 1. The third-order valence-corrected chi connectivity index (χ3v) is 4.77. The van der Waals surface area contributed by atoms with Gasteiger partial charge in [-0.3, -0.25) is 4.79 Å². The van der Waals surface area contributed by atoms with E-state index in [1.807, 2.05) is 84.9 Å². The molecule has 0 aliphatic carbocycles. The average molecular weight is 378 g/mol. The number of furan rings is 1. The van der Waals surface area contributed by atoms with E-state index in [1.165, 1.54) is 5.56 Å². The van der Waals surface area contributed by atoms with Gasteiger partial charge in [-0.2, -0.15) is 0 Å². The van der Waals surface area contributed by atoms with Crippen molar-refractivity contribution < 1.29 is 9.21 Å². The van der Waals surface area contributed by atoms with Crippen molar-refractivity contribution in [1.29, 1.82) is 0 Å². The molecule has 0 fully saturated rings. The van der Waals surface area contributed by atoms with Crippen molar-refractivity contribution in [2.75, 3.05) is 0 Å². The molecule has 0 bridgehead atoms. The van der Waals surface area contributed by atoms with Gasteiger partial charge >= 0.3 is 0 Å². The molecule has 142 valence electrons. The van der Waals surface area contributed by atoms with Crippen LogP contribution in [-0.2, 0) is 6.42 Å². The quantitative estimate of drug-likeness (QED) is 0.330. The van der Waals surface area contributed by atoms with Gasteiger partial charge in [-0.25, -0.2) is 0 Å². The predicted molar refractivity (Wildman–Crippen MR) is 118 cm³/mol. The van der Waals surface area contributed by atoms with Gasteiger partial charge in [0, 0.05) is 17.5 Å². The van der Waals surface area contributed by atoms with Crippen molar-refractivity contribution in [2.45, 2.75) is 12.8 Å². The van der Waals surface area contributed by atoms with Crippen LogP contribution in [0.5, 0.6) is 0 Å². The number of rotatable bonds is 7. The van der Waals surface area contributed by atoms with Gasteiger partial charge in [0.05, 0.1) is 5.56 Å². The third kappa shape index (κ3) is 4.61. The topological polar surface area (TPSA) is 30.2 Å². The Labute approximate surface area is 171 Å². The van der Waals surface area contributed by atoms with Crippen LogP contribution >= 0.6 is 0 Å². The molecule has 0 saturated carbocycles. The lowest BCUT2D eigenvalue weighted by molar-refractivity contribution is 0.103. The highest BCUT2D eigenvalue weighted by Gasteiger charge is 2.20. The molecule has 1 heterocycles. The van der Waals surface area contributed by atoms with E-state index < -0.39 is 0 Å². The van der Waals surface area contributed by atoms with Gasteiger partial charge in [-0.05, 0) is 18.1 Å². The Morgan fingerprint density at radius 1 is 0.793 bits per heavy atom. The fourth-order valence-electron chi connectivity index (χ4n) is 3.29. The Morgan fingerprint density at radius 3 is 2.10 bits per heavy atom. The van der Waals surface area contributed by atoms with E-state index in [1.54, 1.807) is 0 Å². The van der Waals surface area contributed by atoms with Crippen molar-refractivity contribution in [2.24, 2.45) is 0 Å². The van der Waals surface area contributed by atoms with Crippen LogP contribution in [0.3, 0.4) is 0 Å². The average Bonchev–Trinajstić information content (AvgIpc) is 3.22. The minimum atomic E-state index is -0.0146. The Morgan fingerprint density at radius 2 is 1.41 bits per heavy atom. The zero-order valence-electron chi connectivity index (χ0n) is 16.1. The molecule has 4 rings (SSSR count). The maximum absolute atomic E-state index is 13.1. The highest BCUT2D eigenvalue weighted by atomic mass is 16.3. The molecule has 3 aromatic carbocycles. The molecule has 0 aliphatic heterocycles. The van der Waals surface area contributed by atoms with E-state index in [2.05, 4.69) is 24.3 Å². The van der Waals surface area contributed by atoms with Crippen molar-refractivity contribution in [1.82, 2.24) is 0 Å². The Kier molecular flexibility index (Phi) is 5.82. The molecule has 0 saturated heterocycles. The van der Waals surface area contributed by atoms with E-state index in [9.17, 15) is 4.79 Å². The van der Waals surface area contributed by atoms with Gasteiger partial charge < -0.3 is 4.42 Å². The zero-order valence-corrected chi connectivity index (χ0v) is 16.1. The summed E-state index contributed by atoms with van der Waals surface area (Å²) in [5.41, 5.74) is 3.38. The maximum atomic E-state index is 13.1. The predicted octanol–water partition coefficient (Wildman–Crippen LogP) is 6.82. The van der Waals surface area contributed by atoms with Gasteiger partial charge in [0.25, 0.3) is 0 Å². The summed E-state index contributed by atoms with van der Waals surface area (Å²) in [6.07, 6.45) is 5.83. The van der Waals surface area contributed by atoms with Crippen LogP contribution in [0.1, 0.15) is 33.7 Å². The highest BCUT2D eigenvalue weighted by molar-refractivity contribution is 6.12. The van der Waals surface area contributed by atoms with E-state index in [0.29, 0.717) is 16.9 Å². The van der Waals surface area contributed by atoms with Gasteiger partial charge in [0.15, 0.2) is 5.78 Å². The van der Waals surface area contributed by atoms with Crippen molar-refractivity contribution >= 4 is 11.9 Å².